The third kappa shape index (κ3) is 4.68. The lowest BCUT2D eigenvalue weighted by atomic mass is 9.95. The number of amides is 1. The third-order valence-corrected chi connectivity index (χ3v) is 5.83. The minimum Gasteiger partial charge on any atom is -0.504 e. The van der Waals surface area contributed by atoms with Gasteiger partial charge in [0.1, 0.15) is 11.6 Å². The normalized spacial score (nSPS) is 14.9. The highest BCUT2D eigenvalue weighted by Gasteiger charge is 2.20. The van der Waals surface area contributed by atoms with Crippen LogP contribution in [0.15, 0.2) is 29.8 Å². The Bertz CT molecular complexity index is 992. The fourth-order valence-electron chi connectivity index (χ4n) is 4.26. The summed E-state index contributed by atoms with van der Waals surface area (Å²) in [5.41, 5.74) is 4.02. The molecule has 1 aliphatic carbocycles. The van der Waals surface area contributed by atoms with Crippen molar-refractivity contribution in [1.82, 2.24) is 9.88 Å². The first-order valence-electron chi connectivity index (χ1n) is 10.4. The Morgan fingerprint density at radius 2 is 2.03 bits per heavy atom. The largest absolute Gasteiger partial charge is 0.504 e. The Labute approximate surface area is 177 Å². The number of carbonyl (C=O) groups is 1. The van der Waals surface area contributed by atoms with Crippen LogP contribution in [0, 0.1) is 25.2 Å². The first kappa shape index (κ1) is 21.5. The van der Waals surface area contributed by atoms with Crippen LogP contribution in [0.2, 0.25) is 0 Å². The zero-order valence-corrected chi connectivity index (χ0v) is 17.9. The maximum absolute atomic E-state index is 12.6. The van der Waals surface area contributed by atoms with Crippen LogP contribution in [0.4, 0.5) is 0 Å². The molecule has 1 amide bonds. The molecule has 1 aliphatic rings. The predicted molar refractivity (Wildman–Crippen MR) is 116 cm³/mol. The van der Waals surface area contributed by atoms with Gasteiger partial charge in [0.2, 0.25) is 0 Å². The molecular weight excluding hydrogens is 378 g/mol. The van der Waals surface area contributed by atoms with E-state index in [0.717, 1.165) is 16.8 Å². The van der Waals surface area contributed by atoms with Crippen molar-refractivity contribution in [2.75, 3.05) is 7.11 Å². The molecule has 30 heavy (non-hydrogen) atoms. The summed E-state index contributed by atoms with van der Waals surface area (Å²) in [6.07, 6.45) is 7.84. The summed E-state index contributed by atoms with van der Waals surface area (Å²) >= 11 is 0. The molecular formula is C24H29N3O3. The van der Waals surface area contributed by atoms with E-state index in [1.165, 1.54) is 51.0 Å². The lowest BCUT2D eigenvalue weighted by molar-refractivity contribution is -0.117. The highest BCUT2D eigenvalue weighted by atomic mass is 16.5. The SMILES string of the molecule is COc1cc(CNC(=O)/C(C#N)=C/c2cc(C)n(C3CCCCC3)c2C)ccc1O. The minimum absolute atomic E-state index is 0.0403. The zero-order valence-electron chi connectivity index (χ0n) is 17.9. The number of nitrogens with zero attached hydrogens (tertiary/aromatic N) is 2. The maximum atomic E-state index is 12.6. The van der Waals surface area contributed by atoms with Gasteiger partial charge in [-0.1, -0.05) is 25.3 Å². The fraction of sp³-hybridized carbons (Fsp3) is 0.417. The van der Waals surface area contributed by atoms with Crippen LogP contribution in [0.25, 0.3) is 6.08 Å². The van der Waals surface area contributed by atoms with Gasteiger partial charge in [0.25, 0.3) is 5.91 Å². The van der Waals surface area contributed by atoms with Gasteiger partial charge in [-0.2, -0.15) is 5.26 Å². The molecule has 1 fully saturated rings. The number of rotatable bonds is 6. The molecule has 6 heteroatoms. The second-order valence-electron chi connectivity index (χ2n) is 7.85. The Kier molecular flexibility index (Phi) is 6.83. The molecule has 1 heterocycles. The summed E-state index contributed by atoms with van der Waals surface area (Å²) < 4.78 is 7.45. The number of carbonyl (C=O) groups excluding carboxylic acids is 1. The van der Waals surface area contributed by atoms with Crippen molar-refractivity contribution in [1.29, 1.82) is 5.26 Å². The van der Waals surface area contributed by atoms with Crippen LogP contribution < -0.4 is 10.1 Å². The topological polar surface area (TPSA) is 87.3 Å². The molecule has 6 nitrogen and oxygen atoms in total. The number of hydrogen-bond donors (Lipinski definition) is 2. The average Bonchev–Trinajstić information content (AvgIpc) is 3.04. The first-order valence-corrected chi connectivity index (χ1v) is 10.4. The summed E-state index contributed by atoms with van der Waals surface area (Å²) in [6, 6.07) is 9.46. The van der Waals surface area contributed by atoms with Crippen LogP contribution in [-0.4, -0.2) is 22.7 Å². The number of phenols is 1. The number of aromatic nitrogens is 1. The molecule has 158 valence electrons. The van der Waals surface area contributed by atoms with Crippen molar-refractivity contribution >= 4 is 12.0 Å². The van der Waals surface area contributed by atoms with E-state index >= 15 is 0 Å². The number of aromatic hydroxyl groups is 1. The highest BCUT2D eigenvalue weighted by molar-refractivity contribution is 6.01. The van der Waals surface area contributed by atoms with Crippen LogP contribution >= 0.6 is 0 Å². The van der Waals surface area contributed by atoms with E-state index in [1.54, 1.807) is 18.2 Å². The molecule has 0 saturated heterocycles. The second kappa shape index (κ2) is 9.53. The van der Waals surface area contributed by atoms with Gasteiger partial charge in [-0.05, 0) is 62.1 Å². The van der Waals surface area contributed by atoms with Gasteiger partial charge in [0.15, 0.2) is 11.5 Å². The molecule has 0 spiro atoms. The Morgan fingerprint density at radius 3 is 2.70 bits per heavy atom. The lowest BCUT2D eigenvalue weighted by Crippen LogP contribution is -2.24. The summed E-state index contributed by atoms with van der Waals surface area (Å²) in [4.78, 5) is 12.6. The molecule has 1 saturated carbocycles. The van der Waals surface area contributed by atoms with E-state index in [2.05, 4.69) is 29.8 Å². The summed E-state index contributed by atoms with van der Waals surface area (Å²) in [5, 5.41) is 22.0. The summed E-state index contributed by atoms with van der Waals surface area (Å²) in [7, 11) is 1.47. The Morgan fingerprint density at radius 1 is 1.30 bits per heavy atom. The van der Waals surface area contributed by atoms with Crippen molar-refractivity contribution in [3.63, 3.8) is 0 Å². The van der Waals surface area contributed by atoms with E-state index < -0.39 is 5.91 Å². The zero-order chi connectivity index (χ0) is 21.7. The first-order chi connectivity index (χ1) is 14.4. The molecule has 1 aromatic carbocycles. The second-order valence-corrected chi connectivity index (χ2v) is 7.85. The molecule has 0 unspecified atom stereocenters. The summed E-state index contributed by atoms with van der Waals surface area (Å²) in [5.74, 6) is -0.0431. The monoisotopic (exact) mass is 407 g/mol. The predicted octanol–water partition coefficient (Wildman–Crippen LogP) is 4.55. The van der Waals surface area contributed by atoms with Gasteiger partial charge >= 0.3 is 0 Å². The fourth-order valence-corrected chi connectivity index (χ4v) is 4.26. The lowest BCUT2D eigenvalue weighted by Gasteiger charge is -2.26. The Hall–Kier alpha value is -3.20. The van der Waals surface area contributed by atoms with Gasteiger partial charge in [0, 0.05) is 24.0 Å². The van der Waals surface area contributed by atoms with E-state index in [4.69, 9.17) is 4.74 Å². The summed E-state index contributed by atoms with van der Waals surface area (Å²) in [6.45, 7) is 4.38. The van der Waals surface area contributed by atoms with Gasteiger partial charge in [-0.25, -0.2) is 0 Å². The van der Waals surface area contributed by atoms with Crippen molar-refractivity contribution in [3.05, 3.63) is 52.4 Å². The number of nitriles is 1. The Balaban J connectivity index is 1.75. The standard InChI is InChI=1S/C24H29N3O3/c1-16-11-19(17(2)27(16)21-7-5-4-6-8-21)13-20(14-25)24(29)26-15-18-9-10-22(28)23(12-18)30-3/h9-13,21,28H,4-8,15H2,1-3H3,(H,26,29)/b20-13+. The molecule has 3 rings (SSSR count). The third-order valence-electron chi connectivity index (χ3n) is 5.83. The van der Waals surface area contributed by atoms with Crippen molar-refractivity contribution in [2.45, 2.75) is 58.5 Å². The van der Waals surface area contributed by atoms with E-state index in [1.807, 2.05) is 6.07 Å². The highest BCUT2D eigenvalue weighted by Crippen LogP contribution is 2.32. The molecule has 2 N–H and O–H groups in total. The number of nitrogens with one attached hydrogen (secondary N) is 1. The van der Waals surface area contributed by atoms with E-state index in [-0.39, 0.29) is 17.9 Å². The number of methoxy groups -OCH3 is 1. The molecule has 0 bridgehead atoms. The van der Waals surface area contributed by atoms with Crippen molar-refractivity contribution in [3.8, 4) is 17.6 Å². The molecule has 0 radical (unpaired) electrons. The van der Waals surface area contributed by atoms with Gasteiger partial charge < -0.3 is 19.7 Å². The molecule has 0 atom stereocenters. The smallest absolute Gasteiger partial charge is 0.262 e. The average molecular weight is 408 g/mol. The van der Waals surface area contributed by atoms with Gasteiger partial charge in [-0.3, -0.25) is 4.79 Å². The van der Waals surface area contributed by atoms with Gasteiger partial charge in [-0.15, -0.1) is 0 Å². The maximum Gasteiger partial charge on any atom is 0.262 e. The number of phenolic OH excluding ortho intramolecular Hbond substituents is 1. The van der Waals surface area contributed by atoms with Gasteiger partial charge in [0.05, 0.1) is 7.11 Å². The van der Waals surface area contributed by atoms with Crippen LogP contribution in [0.1, 0.15) is 60.7 Å². The van der Waals surface area contributed by atoms with Crippen LogP contribution in [0.5, 0.6) is 11.5 Å². The van der Waals surface area contributed by atoms with E-state index in [0.29, 0.717) is 11.8 Å². The van der Waals surface area contributed by atoms with Crippen molar-refractivity contribution < 1.29 is 14.6 Å². The van der Waals surface area contributed by atoms with E-state index in [9.17, 15) is 15.2 Å². The van der Waals surface area contributed by atoms with Crippen LogP contribution in [0.3, 0.4) is 0 Å². The molecule has 0 aliphatic heterocycles. The quantitative estimate of drug-likeness (QED) is 0.543. The van der Waals surface area contributed by atoms with Crippen LogP contribution in [-0.2, 0) is 11.3 Å². The number of aryl methyl sites for hydroxylation is 1. The minimum atomic E-state index is -0.424. The molecule has 2 aromatic rings. The number of hydrogen-bond acceptors (Lipinski definition) is 4. The number of ether oxygens (including phenoxy) is 1. The number of benzene rings is 1. The van der Waals surface area contributed by atoms with Crippen molar-refractivity contribution in [2.24, 2.45) is 0 Å². The molecule has 1 aromatic heterocycles.